The van der Waals surface area contributed by atoms with Gasteiger partial charge < -0.3 is 19.3 Å². The fourth-order valence-electron chi connectivity index (χ4n) is 3.41. The van der Waals surface area contributed by atoms with E-state index >= 15 is 0 Å². The Balaban J connectivity index is 1.88. The normalized spacial score (nSPS) is 28.9. The molecule has 0 aromatic carbocycles. The molecule has 1 unspecified atom stereocenters. The van der Waals surface area contributed by atoms with Crippen LogP contribution in [0.25, 0.3) is 0 Å². The Morgan fingerprint density at radius 2 is 2.05 bits per heavy atom. The van der Waals surface area contributed by atoms with Crippen LogP contribution >= 0.6 is 0 Å². The molecule has 0 radical (unpaired) electrons. The molecular formula is C15H25N3O3. The lowest BCUT2D eigenvalue weighted by atomic mass is 9.84. The molecule has 3 heterocycles. The Hall–Kier alpha value is -0.980. The highest BCUT2D eigenvalue weighted by molar-refractivity contribution is 5.12. The number of nitrogens with zero attached hydrogens (tertiary/aromatic N) is 2. The van der Waals surface area contributed by atoms with E-state index in [2.05, 4.69) is 17.4 Å². The number of nitrogens with one attached hydrogen (secondary N) is 1. The number of ether oxygens (including phenoxy) is 2. The van der Waals surface area contributed by atoms with Crippen molar-refractivity contribution >= 4 is 0 Å². The number of aromatic nitrogens is 2. The summed E-state index contributed by atoms with van der Waals surface area (Å²) in [6.45, 7) is 8.13. The third-order valence-corrected chi connectivity index (χ3v) is 4.93. The molecule has 2 aliphatic heterocycles. The number of hydrogen-bond donors (Lipinski definition) is 1. The largest absolute Gasteiger partial charge is 0.381 e. The molecule has 21 heavy (non-hydrogen) atoms. The lowest BCUT2D eigenvalue weighted by Crippen LogP contribution is -2.38. The summed E-state index contributed by atoms with van der Waals surface area (Å²) in [6.07, 6.45) is 3.64. The van der Waals surface area contributed by atoms with Crippen LogP contribution < -0.4 is 5.32 Å². The molecule has 2 fully saturated rings. The van der Waals surface area contributed by atoms with Crippen molar-refractivity contribution in [3.05, 3.63) is 11.7 Å². The molecule has 2 aliphatic rings. The summed E-state index contributed by atoms with van der Waals surface area (Å²) in [4.78, 5) is 4.75. The maximum absolute atomic E-state index is 6.02. The highest BCUT2D eigenvalue weighted by atomic mass is 16.5. The molecule has 0 spiro atoms. The van der Waals surface area contributed by atoms with E-state index in [1.165, 1.54) is 0 Å². The summed E-state index contributed by atoms with van der Waals surface area (Å²) >= 11 is 0. The first kappa shape index (κ1) is 14.9. The standard InChI is InChI=1S/C15H25N3O3/c1-3-14(5-8-16-11-14)13-17-12(18-21-13)15(20-4-2)6-9-19-10-7-15/h16H,3-11H2,1-2H3. The van der Waals surface area contributed by atoms with Gasteiger partial charge in [0.1, 0.15) is 5.60 Å². The van der Waals surface area contributed by atoms with Gasteiger partial charge in [-0.2, -0.15) is 4.98 Å². The van der Waals surface area contributed by atoms with Crippen molar-refractivity contribution in [2.75, 3.05) is 32.9 Å². The molecule has 2 saturated heterocycles. The maximum atomic E-state index is 6.02. The van der Waals surface area contributed by atoms with E-state index in [0.29, 0.717) is 25.6 Å². The molecule has 1 atom stereocenters. The molecular weight excluding hydrogens is 270 g/mol. The van der Waals surface area contributed by atoms with E-state index in [1.54, 1.807) is 0 Å². The zero-order chi connectivity index (χ0) is 14.8. The minimum atomic E-state index is -0.435. The van der Waals surface area contributed by atoms with E-state index < -0.39 is 5.60 Å². The minimum absolute atomic E-state index is 0.0101. The second kappa shape index (κ2) is 6.02. The summed E-state index contributed by atoms with van der Waals surface area (Å²) in [7, 11) is 0. The van der Waals surface area contributed by atoms with Crippen LogP contribution in [0.4, 0.5) is 0 Å². The third-order valence-electron chi connectivity index (χ3n) is 4.93. The van der Waals surface area contributed by atoms with Gasteiger partial charge in [0, 0.05) is 39.2 Å². The van der Waals surface area contributed by atoms with Crippen LogP contribution in [0.15, 0.2) is 4.52 Å². The molecule has 0 amide bonds. The van der Waals surface area contributed by atoms with Crippen molar-refractivity contribution in [1.29, 1.82) is 0 Å². The fourth-order valence-corrected chi connectivity index (χ4v) is 3.41. The average molecular weight is 295 g/mol. The van der Waals surface area contributed by atoms with Crippen molar-refractivity contribution < 1.29 is 14.0 Å². The molecule has 6 nitrogen and oxygen atoms in total. The topological polar surface area (TPSA) is 69.4 Å². The van der Waals surface area contributed by atoms with Crippen LogP contribution in [-0.4, -0.2) is 43.1 Å². The van der Waals surface area contributed by atoms with Crippen LogP contribution in [0.2, 0.25) is 0 Å². The Bertz CT molecular complexity index is 457. The van der Waals surface area contributed by atoms with E-state index in [1.807, 2.05) is 6.92 Å². The van der Waals surface area contributed by atoms with Crippen LogP contribution in [-0.2, 0) is 20.5 Å². The molecule has 0 aliphatic carbocycles. The Labute approximate surface area is 125 Å². The van der Waals surface area contributed by atoms with E-state index in [-0.39, 0.29) is 5.41 Å². The molecule has 0 bridgehead atoms. The van der Waals surface area contributed by atoms with Gasteiger partial charge in [0.05, 0.1) is 5.41 Å². The second-order valence-corrected chi connectivity index (χ2v) is 6.02. The summed E-state index contributed by atoms with van der Waals surface area (Å²) in [6, 6.07) is 0. The highest BCUT2D eigenvalue weighted by Gasteiger charge is 2.44. The van der Waals surface area contributed by atoms with Crippen molar-refractivity contribution in [3.63, 3.8) is 0 Å². The summed E-state index contributed by atoms with van der Waals surface area (Å²) in [5, 5.41) is 7.68. The first-order valence-electron chi connectivity index (χ1n) is 8.02. The van der Waals surface area contributed by atoms with E-state index in [4.69, 9.17) is 19.0 Å². The lowest BCUT2D eigenvalue weighted by Gasteiger charge is -2.33. The van der Waals surface area contributed by atoms with Gasteiger partial charge in [-0.3, -0.25) is 0 Å². The molecule has 3 rings (SSSR count). The van der Waals surface area contributed by atoms with Crippen molar-refractivity contribution in [3.8, 4) is 0 Å². The van der Waals surface area contributed by atoms with Gasteiger partial charge in [0.15, 0.2) is 0 Å². The minimum Gasteiger partial charge on any atom is -0.381 e. The van der Waals surface area contributed by atoms with Crippen molar-refractivity contribution in [2.24, 2.45) is 0 Å². The predicted molar refractivity (Wildman–Crippen MR) is 77.1 cm³/mol. The monoisotopic (exact) mass is 295 g/mol. The van der Waals surface area contributed by atoms with E-state index in [9.17, 15) is 0 Å². The van der Waals surface area contributed by atoms with Gasteiger partial charge in [-0.1, -0.05) is 12.1 Å². The van der Waals surface area contributed by atoms with Crippen molar-refractivity contribution in [2.45, 2.75) is 50.5 Å². The maximum Gasteiger partial charge on any atom is 0.234 e. The Kier molecular flexibility index (Phi) is 4.28. The quantitative estimate of drug-likeness (QED) is 0.892. The van der Waals surface area contributed by atoms with Crippen molar-refractivity contribution in [1.82, 2.24) is 15.5 Å². The number of rotatable bonds is 5. The highest BCUT2D eigenvalue weighted by Crippen LogP contribution is 2.38. The predicted octanol–water partition coefficient (Wildman–Crippen LogP) is 1.75. The van der Waals surface area contributed by atoms with Gasteiger partial charge in [0.25, 0.3) is 0 Å². The molecule has 1 aromatic heterocycles. The first-order chi connectivity index (χ1) is 10.2. The summed E-state index contributed by atoms with van der Waals surface area (Å²) in [5.41, 5.74) is -0.445. The van der Waals surface area contributed by atoms with Crippen LogP contribution in [0.5, 0.6) is 0 Å². The number of hydrogen-bond acceptors (Lipinski definition) is 6. The van der Waals surface area contributed by atoms with Gasteiger partial charge in [0.2, 0.25) is 11.7 Å². The van der Waals surface area contributed by atoms with Gasteiger partial charge in [-0.25, -0.2) is 0 Å². The van der Waals surface area contributed by atoms with Gasteiger partial charge >= 0.3 is 0 Å². The van der Waals surface area contributed by atoms with Gasteiger partial charge in [-0.05, 0) is 26.3 Å². The van der Waals surface area contributed by atoms with Crippen LogP contribution in [0.1, 0.15) is 51.2 Å². The molecule has 6 heteroatoms. The summed E-state index contributed by atoms with van der Waals surface area (Å²) < 4.78 is 17.1. The van der Waals surface area contributed by atoms with Gasteiger partial charge in [-0.15, -0.1) is 0 Å². The molecule has 1 aromatic rings. The van der Waals surface area contributed by atoms with E-state index in [0.717, 1.165) is 44.7 Å². The lowest BCUT2D eigenvalue weighted by molar-refractivity contribution is -0.118. The average Bonchev–Trinajstić information content (AvgIpc) is 3.19. The zero-order valence-corrected chi connectivity index (χ0v) is 13.0. The van der Waals surface area contributed by atoms with Crippen LogP contribution in [0, 0.1) is 0 Å². The first-order valence-corrected chi connectivity index (χ1v) is 8.02. The Morgan fingerprint density at radius 3 is 2.67 bits per heavy atom. The van der Waals surface area contributed by atoms with Crippen LogP contribution in [0.3, 0.4) is 0 Å². The third kappa shape index (κ3) is 2.60. The molecule has 118 valence electrons. The smallest absolute Gasteiger partial charge is 0.234 e. The fraction of sp³-hybridized carbons (Fsp3) is 0.867. The Morgan fingerprint density at radius 1 is 1.24 bits per heavy atom. The molecule has 1 N–H and O–H groups in total. The zero-order valence-electron chi connectivity index (χ0n) is 13.0. The summed E-state index contributed by atoms with van der Waals surface area (Å²) in [5.74, 6) is 1.46. The SMILES string of the molecule is CCOC1(c2noc(C3(CC)CCNC3)n2)CCOCC1. The molecule has 0 saturated carbocycles. The second-order valence-electron chi connectivity index (χ2n) is 6.02.